The lowest BCUT2D eigenvalue weighted by Gasteiger charge is -2.38. The summed E-state index contributed by atoms with van der Waals surface area (Å²) in [5.41, 5.74) is 1.57. The van der Waals surface area contributed by atoms with Gasteiger partial charge in [0.15, 0.2) is 0 Å². The quantitative estimate of drug-likeness (QED) is 0.686. The fourth-order valence-corrected chi connectivity index (χ4v) is 3.92. The molecule has 1 fully saturated rings. The molecule has 0 atom stereocenters. The van der Waals surface area contributed by atoms with Gasteiger partial charge >= 0.3 is 6.09 Å². The molecule has 0 aromatic heterocycles. The van der Waals surface area contributed by atoms with Gasteiger partial charge in [0.1, 0.15) is 13.2 Å². The molecule has 32 heavy (non-hydrogen) atoms. The molecule has 0 saturated carbocycles. The lowest BCUT2D eigenvalue weighted by Crippen LogP contribution is -2.51. The van der Waals surface area contributed by atoms with E-state index >= 15 is 0 Å². The van der Waals surface area contributed by atoms with Crippen LogP contribution in [0.1, 0.15) is 42.1 Å². The number of nitrogens with zero attached hydrogens (tertiary/aromatic N) is 2. The minimum atomic E-state index is -0.609. The van der Waals surface area contributed by atoms with Crippen molar-refractivity contribution in [1.82, 2.24) is 15.1 Å². The van der Waals surface area contributed by atoms with E-state index in [1.807, 2.05) is 77.4 Å². The molecule has 0 bridgehead atoms. The van der Waals surface area contributed by atoms with Crippen LogP contribution in [0.5, 0.6) is 0 Å². The van der Waals surface area contributed by atoms with Crippen LogP contribution in [0.3, 0.4) is 0 Å². The summed E-state index contributed by atoms with van der Waals surface area (Å²) >= 11 is 0. The average molecular weight is 438 g/mol. The third-order valence-corrected chi connectivity index (χ3v) is 5.59. The number of ether oxygens (including phenoxy) is 1. The van der Waals surface area contributed by atoms with Crippen molar-refractivity contribution < 1.29 is 19.1 Å². The molecule has 7 heteroatoms. The van der Waals surface area contributed by atoms with Crippen molar-refractivity contribution >= 4 is 17.9 Å². The number of amides is 3. The van der Waals surface area contributed by atoms with Crippen LogP contribution in [-0.2, 0) is 16.1 Å². The summed E-state index contributed by atoms with van der Waals surface area (Å²) in [5.74, 6) is -0.100. The second kappa shape index (κ2) is 11.9. The van der Waals surface area contributed by atoms with E-state index in [4.69, 9.17) is 4.74 Å². The van der Waals surface area contributed by atoms with Gasteiger partial charge in [-0.3, -0.25) is 9.59 Å². The topological polar surface area (TPSA) is 79.0 Å². The highest BCUT2D eigenvalue weighted by Crippen LogP contribution is 2.19. The minimum absolute atomic E-state index is 0.0280. The fraction of sp³-hybridized carbons (Fsp3) is 0.400. The smallest absolute Gasteiger partial charge is 0.407 e. The van der Waals surface area contributed by atoms with Crippen LogP contribution in [0, 0.1) is 0 Å². The number of nitrogens with one attached hydrogen (secondary N) is 1. The second-order valence-electron chi connectivity index (χ2n) is 7.89. The molecule has 3 rings (SSSR count). The number of benzene rings is 2. The van der Waals surface area contributed by atoms with Crippen molar-refractivity contribution in [2.24, 2.45) is 0 Å². The van der Waals surface area contributed by atoms with Crippen LogP contribution < -0.4 is 5.32 Å². The van der Waals surface area contributed by atoms with Gasteiger partial charge in [0.2, 0.25) is 5.91 Å². The molecule has 1 N–H and O–H groups in total. The van der Waals surface area contributed by atoms with Crippen molar-refractivity contribution in [3.63, 3.8) is 0 Å². The van der Waals surface area contributed by atoms with Crippen molar-refractivity contribution in [2.75, 3.05) is 26.2 Å². The van der Waals surface area contributed by atoms with Crippen molar-refractivity contribution in [1.29, 1.82) is 0 Å². The van der Waals surface area contributed by atoms with Gasteiger partial charge in [-0.05, 0) is 37.0 Å². The standard InChI is InChI=1S/C25H31N3O4/c1-2-15-28(23(29)18-26-25(31)32-19-20-9-5-3-6-10-20)22-13-16-27(17-14-22)24(30)21-11-7-4-8-12-21/h3-12,22H,2,13-19H2,1H3,(H,26,31). The van der Waals surface area contributed by atoms with Gasteiger partial charge in [-0.2, -0.15) is 0 Å². The summed E-state index contributed by atoms with van der Waals surface area (Å²) in [7, 11) is 0. The van der Waals surface area contributed by atoms with E-state index in [9.17, 15) is 14.4 Å². The summed E-state index contributed by atoms with van der Waals surface area (Å²) in [6, 6.07) is 18.7. The van der Waals surface area contributed by atoms with Crippen LogP contribution in [0.4, 0.5) is 4.79 Å². The molecule has 3 amide bonds. The highest BCUT2D eigenvalue weighted by molar-refractivity contribution is 5.94. The van der Waals surface area contributed by atoms with Crippen molar-refractivity contribution in [2.45, 2.75) is 38.8 Å². The van der Waals surface area contributed by atoms with E-state index < -0.39 is 6.09 Å². The first kappa shape index (κ1) is 23.3. The van der Waals surface area contributed by atoms with Crippen LogP contribution >= 0.6 is 0 Å². The zero-order valence-electron chi connectivity index (χ0n) is 18.5. The zero-order chi connectivity index (χ0) is 22.8. The predicted octanol–water partition coefficient (Wildman–Crippen LogP) is 3.46. The Labute approximate surface area is 189 Å². The lowest BCUT2D eigenvalue weighted by atomic mass is 10.0. The van der Waals surface area contributed by atoms with Crippen molar-refractivity contribution in [3.05, 3.63) is 71.8 Å². The molecule has 1 aliphatic heterocycles. The van der Waals surface area contributed by atoms with Crippen LogP contribution in [0.25, 0.3) is 0 Å². The summed E-state index contributed by atoms with van der Waals surface area (Å²) in [4.78, 5) is 41.1. The number of hydrogen-bond acceptors (Lipinski definition) is 4. The fourth-order valence-electron chi connectivity index (χ4n) is 3.92. The summed E-state index contributed by atoms with van der Waals surface area (Å²) in [5, 5.41) is 2.56. The number of likely N-dealkylation sites (tertiary alicyclic amines) is 1. The van der Waals surface area contributed by atoms with Crippen LogP contribution in [-0.4, -0.2) is 59.9 Å². The first-order valence-corrected chi connectivity index (χ1v) is 11.2. The monoisotopic (exact) mass is 437 g/mol. The summed E-state index contributed by atoms with van der Waals surface area (Å²) in [6.07, 6.45) is 1.67. The number of alkyl carbamates (subject to hydrolysis) is 1. The largest absolute Gasteiger partial charge is 0.445 e. The number of carbonyl (C=O) groups is 3. The predicted molar refractivity (Wildman–Crippen MR) is 122 cm³/mol. The van der Waals surface area contributed by atoms with Crippen LogP contribution in [0.15, 0.2) is 60.7 Å². The molecule has 2 aromatic carbocycles. The molecular weight excluding hydrogens is 406 g/mol. The first-order valence-electron chi connectivity index (χ1n) is 11.2. The maximum Gasteiger partial charge on any atom is 0.407 e. The Hall–Kier alpha value is -3.35. The van der Waals surface area contributed by atoms with Gasteiger partial charge in [-0.25, -0.2) is 4.79 Å². The van der Waals surface area contributed by atoms with Gasteiger partial charge < -0.3 is 19.9 Å². The third-order valence-electron chi connectivity index (χ3n) is 5.59. The number of rotatable bonds is 8. The summed E-state index contributed by atoms with van der Waals surface area (Å²) in [6.45, 7) is 3.92. The molecule has 1 aliphatic rings. The Morgan fingerprint density at radius 2 is 1.62 bits per heavy atom. The highest BCUT2D eigenvalue weighted by atomic mass is 16.5. The molecule has 0 spiro atoms. The van der Waals surface area contributed by atoms with E-state index in [0.29, 0.717) is 25.2 Å². The molecule has 7 nitrogen and oxygen atoms in total. The molecule has 1 saturated heterocycles. The minimum Gasteiger partial charge on any atom is -0.445 e. The maximum atomic E-state index is 12.8. The molecule has 0 unspecified atom stereocenters. The lowest BCUT2D eigenvalue weighted by molar-refractivity contribution is -0.133. The Bertz CT molecular complexity index is 881. The molecule has 0 radical (unpaired) electrons. The summed E-state index contributed by atoms with van der Waals surface area (Å²) < 4.78 is 5.18. The average Bonchev–Trinajstić information content (AvgIpc) is 2.85. The number of carbonyl (C=O) groups excluding carboxylic acids is 3. The SMILES string of the molecule is CCCN(C(=O)CNC(=O)OCc1ccccc1)C1CCN(C(=O)c2ccccc2)CC1. The number of piperidine rings is 1. The van der Waals surface area contributed by atoms with Gasteiger partial charge in [0, 0.05) is 31.2 Å². The zero-order valence-corrected chi connectivity index (χ0v) is 18.5. The Balaban J connectivity index is 1.46. The molecule has 0 aliphatic carbocycles. The van der Waals surface area contributed by atoms with E-state index in [1.54, 1.807) is 0 Å². The van der Waals surface area contributed by atoms with Gasteiger partial charge in [0.05, 0.1) is 0 Å². The van der Waals surface area contributed by atoms with E-state index in [2.05, 4.69) is 5.32 Å². The van der Waals surface area contributed by atoms with Gasteiger partial charge in [-0.1, -0.05) is 55.5 Å². The highest BCUT2D eigenvalue weighted by Gasteiger charge is 2.29. The number of hydrogen-bond donors (Lipinski definition) is 1. The molecular formula is C25H31N3O4. The van der Waals surface area contributed by atoms with Gasteiger partial charge in [-0.15, -0.1) is 0 Å². The Morgan fingerprint density at radius 3 is 2.25 bits per heavy atom. The van der Waals surface area contributed by atoms with E-state index in [-0.39, 0.29) is 31.0 Å². The second-order valence-corrected chi connectivity index (χ2v) is 7.89. The molecule has 170 valence electrons. The van der Waals surface area contributed by atoms with E-state index in [1.165, 1.54) is 0 Å². The normalized spacial score (nSPS) is 14.0. The van der Waals surface area contributed by atoms with E-state index in [0.717, 1.165) is 24.8 Å². The Kier molecular flexibility index (Phi) is 8.66. The first-order chi connectivity index (χ1) is 15.6. The molecule has 2 aromatic rings. The maximum absolute atomic E-state index is 12.8. The van der Waals surface area contributed by atoms with Crippen molar-refractivity contribution in [3.8, 4) is 0 Å². The van der Waals surface area contributed by atoms with Crippen LogP contribution in [0.2, 0.25) is 0 Å². The molecule has 1 heterocycles. The van der Waals surface area contributed by atoms with Gasteiger partial charge in [0.25, 0.3) is 5.91 Å². The Morgan fingerprint density at radius 1 is 1.00 bits per heavy atom. The third kappa shape index (κ3) is 6.57.